The van der Waals surface area contributed by atoms with Gasteiger partial charge in [-0.3, -0.25) is 9.69 Å². The summed E-state index contributed by atoms with van der Waals surface area (Å²) in [5, 5.41) is 8.81. The van der Waals surface area contributed by atoms with Gasteiger partial charge >= 0.3 is 5.97 Å². The summed E-state index contributed by atoms with van der Waals surface area (Å²) in [4.78, 5) is 12.9. The van der Waals surface area contributed by atoms with Crippen LogP contribution in [-0.4, -0.2) is 41.7 Å². The second-order valence-corrected chi connectivity index (χ2v) is 5.29. The number of nitrogens with two attached hydrogens (primary N) is 1. The molecule has 0 fully saturated rings. The number of carbonyl (C=O) groups is 1. The van der Waals surface area contributed by atoms with Gasteiger partial charge < -0.3 is 10.8 Å². The minimum atomic E-state index is -0.737. The van der Waals surface area contributed by atoms with E-state index in [9.17, 15) is 4.79 Å². The third kappa shape index (κ3) is 6.08. The Kier molecular flexibility index (Phi) is 6.60. The molecule has 96 valence electrons. The Balaban J connectivity index is 4.41. The van der Waals surface area contributed by atoms with Crippen LogP contribution >= 0.6 is 0 Å². The summed E-state index contributed by atoms with van der Waals surface area (Å²) in [6.45, 7) is 10.7. The molecular formula is C12H26N2O2. The smallest absolute Gasteiger partial charge is 0.304 e. The fourth-order valence-corrected chi connectivity index (χ4v) is 1.74. The minimum absolute atomic E-state index is 0.0436. The van der Waals surface area contributed by atoms with Crippen LogP contribution in [0.5, 0.6) is 0 Å². The van der Waals surface area contributed by atoms with Crippen molar-refractivity contribution >= 4 is 5.97 Å². The first-order valence-corrected chi connectivity index (χ1v) is 5.98. The molecule has 0 aliphatic heterocycles. The van der Waals surface area contributed by atoms with Gasteiger partial charge in [-0.1, -0.05) is 20.8 Å². The Morgan fingerprint density at radius 1 is 1.50 bits per heavy atom. The molecule has 0 saturated carbocycles. The molecule has 0 aliphatic rings. The van der Waals surface area contributed by atoms with E-state index in [0.29, 0.717) is 6.54 Å². The zero-order chi connectivity index (χ0) is 12.8. The molecule has 0 amide bonds. The van der Waals surface area contributed by atoms with Gasteiger partial charge in [0.1, 0.15) is 0 Å². The fourth-order valence-electron chi connectivity index (χ4n) is 1.74. The molecule has 16 heavy (non-hydrogen) atoms. The minimum Gasteiger partial charge on any atom is -0.481 e. The topological polar surface area (TPSA) is 66.6 Å². The number of hydrogen-bond acceptors (Lipinski definition) is 3. The lowest BCUT2D eigenvalue weighted by Crippen LogP contribution is -2.44. The number of rotatable bonds is 8. The van der Waals surface area contributed by atoms with Gasteiger partial charge in [0.25, 0.3) is 0 Å². The highest BCUT2D eigenvalue weighted by Crippen LogP contribution is 2.18. The maximum absolute atomic E-state index is 10.7. The Hall–Kier alpha value is -0.610. The van der Waals surface area contributed by atoms with E-state index in [2.05, 4.69) is 25.7 Å². The van der Waals surface area contributed by atoms with Gasteiger partial charge in [-0.25, -0.2) is 0 Å². The Morgan fingerprint density at radius 2 is 2.06 bits per heavy atom. The summed E-state index contributed by atoms with van der Waals surface area (Å²) < 4.78 is 0. The van der Waals surface area contributed by atoms with Gasteiger partial charge in [-0.15, -0.1) is 0 Å². The largest absolute Gasteiger partial charge is 0.481 e. The van der Waals surface area contributed by atoms with Crippen LogP contribution in [0.3, 0.4) is 0 Å². The molecule has 4 heteroatoms. The lowest BCUT2D eigenvalue weighted by atomic mass is 9.92. The van der Waals surface area contributed by atoms with Gasteiger partial charge in [0.2, 0.25) is 0 Å². The zero-order valence-electron chi connectivity index (χ0n) is 11.0. The third-order valence-electron chi connectivity index (χ3n) is 2.79. The van der Waals surface area contributed by atoms with Crippen molar-refractivity contribution in [2.75, 3.05) is 19.6 Å². The molecule has 0 radical (unpaired) electrons. The summed E-state index contributed by atoms with van der Waals surface area (Å²) in [5.41, 5.74) is 5.75. The molecule has 0 aliphatic carbocycles. The Morgan fingerprint density at radius 3 is 2.44 bits per heavy atom. The van der Waals surface area contributed by atoms with Gasteiger partial charge in [0.05, 0.1) is 6.42 Å². The van der Waals surface area contributed by atoms with E-state index >= 15 is 0 Å². The maximum atomic E-state index is 10.7. The monoisotopic (exact) mass is 230 g/mol. The molecule has 1 unspecified atom stereocenters. The molecule has 3 N–H and O–H groups in total. The number of nitrogens with zero attached hydrogens (tertiary/aromatic N) is 1. The fraction of sp³-hybridized carbons (Fsp3) is 0.917. The van der Waals surface area contributed by atoms with Crippen LogP contribution in [-0.2, 0) is 4.79 Å². The van der Waals surface area contributed by atoms with Crippen LogP contribution in [0.15, 0.2) is 0 Å². The molecule has 1 atom stereocenters. The predicted octanol–water partition coefficient (Wildman–Crippen LogP) is 1.55. The summed E-state index contributed by atoms with van der Waals surface area (Å²) >= 11 is 0. The quantitative estimate of drug-likeness (QED) is 0.664. The second-order valence-electron chi connectivity index (χ2n) is 5.29. The zero-order valence-corrected chi connectivity index (χ0v) is 11.0. The van der Waals surface area contributed by atoms with E-state index < -0.39 is 5.97 Å². The first-order chi connectivity index (χ1) is 7.32. The normalized spacial score (nSPS) is 14.1. The van der Waals surface area contributed by atoms with Crippen LogP contribution in [0, 0.1) is 5.41 Å². The van der Waals surface area contributed by atoms with Crippen LogP contribution in [0.25, 0.3) is 0 Å². The molecule has 0 saturated heterocycles. The number of carboxylic acids is 1. The molecule has 0 aromatic carbocycles. The second kappa shape index (κ2) is 6.86. The van der Waals surface area contributed by atoms with E-state index in [1.54, 1.807) is 0 Å². The number of hydrogen-bond donors (Lipinski definition) is 2. The van der Waals surface area contributed by atoms with Crippen molar-refractivity contribution in [2.24, 2.45) is 11.1 Å². The molecule has 0 spiro atoms. The van der Waals surface area contributed by atoms with Crippen molar-refractivity contribution in [3.8, 4) is 0 Å². The van der Waals surface area contributed by atoms with Gasteiger partial charge in [0, 0.05) is 12.6 Å². The predicted molar refractivity (Wildman–Crippen MR) is 66.4 cm³/mol. The molecule has 0 bridgehead atoms. The number of aliphatic carboxylic acids is 1. The van der Waals surface area contributed by atoms with Crippen molar-refractivity contribution < 1.29 is 9.90 Å². The van der Waals surface area contributed by atoms with E-state index in [-0.39, 0.29) is 17.9 Å². The van der Waals surface area contributed by atoms with Crippen molar-refractivity contribution in [1.29, 1.82) is 0 Å². The van der Waals surface area contributed by atoms with Crippen molar-refractivity contribution in [2.45, 2.75) is 46.6 Å². The Bertz CT molecular complexity index is 217. The highest BCUT2D eigenvalue weighted by atomic mass is 16.4. The first-order valence-electron chi connectivity index (χ1n) is 5.98. The highest BCUT2D eigenvalue weighted by Gasteiger charge is 2.24. The summed E-state index contributed by atoms with van der Waals surface area (Å²) in [7, 11) is 0. The lowest BCUT2D eigenvalue weighted by Gasteiger charge is -2.35. The third-order valence-corrected chi connectivity index (χ3v) is 2.79. The summed E-state index contributed by atoms with van der Waals surface area (Å²) in [6, 6.07) is 0.0725. The first kappa shape index (κ1) is 15.4. The standard InChI is InChI=1S/C12H26N2O2/c1-5-6-14(9-12(3,4)8-13)10(2)7-11(15)16/h10H,5-9,13H2,1-4H3,(H,15,16). The van der Waals surface area contributed by atoms with Crippen molar-refractivity contribution in [1.82, 2.24) is 4.90 Å². The van der Waals surface area contributed by atoms with Crippen LogP contribution in [0.1, 0.15) is 40.5 Å². The maximum Gasteiger partial charge on any atom is 0.304 e. The van der Waals surface area contributed by atoms with Gasteiger partial charge in [-0.05, 0) is 31.8 Å². The molecular weight excluding hydrogens is 204 g/mol. The van der Waals surface area contributed by atoms with Crippen LogP contribution in [0.2, 0.25) is 0 Å². The molecule has 0 heterocycles. The molecule has 4 nitrogen and oxygen atoms in total. The van der Waals surface area contributed by atoms with E-state index in [0.717, 1.165) is 19.5 Å². The average Bonchev–Trinajstić information content (AvgIpc) is 2.16. The molecule has 0 aromatic rings. The molecule has 0 rings (SSSR count). The van der Waals surface area contributed by atoms with Crippen molar-refractivity contribution in [3.05, 3.63) is 0 Å². The average molecular weight is 230 g/mol. The van der Waals surface area contributed by atoms with Gasteiger partial charge in [-0.2, -0.15) is 0 Å². The Labute approximate surface area is 98.8 Å². The van der Waals surface area contributed by atoms with Crippen LogP contribution in [0.4, 0.5) is 0 Å². The summed E-state index contributed by atoms with van der Waals surface area (Å²) in [5.74, 6) is -0.737. The van der Waals surface area contributed by atoms with E-state index in [1.165, 1.54) is 0 Å². The summed E-state index contributed by atoms with van der Waals surface area (Å²) in [6.07, 6.45) is 1.23. The SMILES string of the molecule is CCCN(CC(C)(C)CN)C(C)CC(=O)O. The van der Waals surface area contributed by atoms with Gasteiger partial charge in [0.15, 0.2) is 0 Å². The van der Waals surface area contributed by atoms with Crippen LogP contribution < -0.4 is 5.73 Å². The van der Waals surface area contributed by atoms with Crippen molar-refractivity contribution in [3.63, 3.8) is 0 Å². The lowest BCUT2D eigenvalue weighted by molar-refractivity contribution is -0.138. The number of carboxylic acid groups (broad SMARTS) is 1. The highest BCUT2D eigenvalue weighted by molar-refractivity contribution is 5.67. The van der Waals surface area contributed by atoms with E-state index in [4.69, 9.17) is 10.8 Å². The van der Waals surface area contributed by atoms with E-state index in [1.807, 2.05) is 6.92 Å². The molecule has 0 aromatic heterocycles.